The highest BCUT2D eigenvalue weighted by Crippen LogP contribution is 2.35. The van der Waals surface area contributed by atoms with Crippen LogP contribution in [0, 0.1) is 0 Å². The summed E-state index contributed by atoms with van der Waals surface area (Å²) in [7, 11) is -4.54. The standard InChI is InChI=1S/C11H19N5O5S/c17-10-9-8(16(10)22(19,20)21)3-6-15(9)11(18)14-7-1-4-12-13-5-2-7/h7-9,12-13H,1-6H2,(H,14,18)(H,19,20,21)/t8-,9+/m1/s1. The molecule has 0 radical (unpaired) electrons. The summed E-state index contributed by atoms with van der Waals surface area (Å²) in [6, 6.07) is -1.79. The van der Waals surface area contributed by atoms with Gasteiger partial charge in [-0.3, -0.25) is 20.2 Å². The van der Waals surface area contributed by atoms with Crippen LogP contribution in [0.15, 0.2) is 0 Å². The number of carbonyl (C=O) groups is 2. The number of rotatable bonds is 2. The molecule has 11 heteroatoms. The van der Waals surface area contributed by atoms with Crippen molar-refractivity contribution in [3.8, 4) is 0 Å². The number of hydrogen-bond acceptors (Lipinski definition) is 6. The van der Waals surface area contributed by atoms with Gasteiger partial charge in [0.25, 0.3) is 5.91 Å². The maximum atomic E-state index is 12.3. The number of hydrogen-bond donors (Lipinski definition) is 4. The van der Waals surface area contributed by atoms with E-state index in [0.717, 1.165) is 25.9 Å². The highest BCUT2D eigenvalue weighted by Gasteiger charge is 2.60. The third-order valence-electron chi connectivity index (χ3n) is 4.34. The number of urea groups is 1. The van der Waals surface area contributed by atoms with Gasteiger partial charge in [0.15, 0.2) is 0 Å². The van der Waals surface area contributed by atoms with Crippen LogP contribution in [0.1, 0.15) is 19.3 Å². The summed E-state index contributed by atoms with van der Waals surface area (Å²) in [6.07, 6.45) is 1.88. The first-order valence-corrected chi connectivity index (χ1v) is 8.63. The zero-order valence-electron chi connectivity index (χ0n) is 11.9. The number of likely N-dealkylation sites (tertiary alicyclic amines) is 1. The summed E-state index contributed by atoms with van der Waals surface area (Å²) in [5, 5.41) is 2.88. The molecule has 0 saturated carbocycles. The Morgan fingerprint density at radius 3 is 2.45 bits per heavy atom. The van der Waals surface area contributed by atoms with E-state index in [1.807, 2.05) is 0 Å². The summed E-state index contributed by atoms with van der Waals surface area (Å²) in [5.41, 5.74) is 6.01. The van der Waals surface area contributed by atoms with Crippen molar-refractivity contribution in [2.45, 2.75) is 37.4 Å². The summed E-state index contributed by atoms with van der Waals surface area (Å²) >= 11 is 0. The Hall–Kier alpha value is -1.43. The molecule has 0 aromatic rings. The molecular formula is C11H19N5O5S. The van der Waals surface area contributed by atoms with E-state index in [1.165, 1.54) is 4.90 Å². The average molecular weight is 333 g/mol. The molecule has 0 aromatic heterocycles. The maximum Gasteiger partial charge on any atom is 0.362 e. The highest BCUT2D eigenvalue weighted by molar-refractivity contribution is 7.84. The molecule has 0 bridgehead atoms. The Balaban J connectivity index is 1.62. The van der Waals surface area contributed by atoms with Gasteiger partial charge >= 0.3 is 16.3 Å². The van der Waals surface area contributed by atoms with Gasteiger partial charge in [-0.05, 0) is 19.3 Å². The van der Waals surface area contributed by atoms with Crippen LogP contribution in [-0.4, -0.2) is 71.9 Å². The van der Waals surface area contributed by atoms with E-state index in [0.29, 0.717) is 17.3 Å². The minimum Gasteiger partial charge on any atom is -0.335 e. The molecule has 3 aliphatic heterocycles. The lowest BCUT2D eigenvalue weighted by Crippen LogP contribution is -2.69. The smallest absolute Gasteiger partial charge is 0.335 e. The van der Waals surface area contributed by atoms with E-state index in [9.17, 15) is 18.0 Å². The number of β-lactam (4-membered cyclic amide) rings is 1. The first-order chi connectivity index (χ1) is 10.4. The molecule has 3 rings (SSSR count). The molecule has 0 aromatic carbocycles. The van der Waals surface area contributed by atoms with E-state index in [2.05, 4.69) is 16.2 Å². The number of carbonyl (C=O) groups excluding carboxylic acids is 2. The van der Waals surface area contributed by atoms with Crippen LogP contribution in [0.3, 0.4) is 0 Å². The van der Waals surface area contributed by atoms with Gasteiger partial charge in [-0.15, -0.1) is 0 Å². The second kappa shape index (κ2) is 5.65. The fourth-order valence-corrected chi connectivity index (χ4v) is 4.16. The predicted octanol–water partition coefficient (Wildman–Crippen LogP) is -1.96. The highest BCUT2D eigenvalue weighted by atomic mass is 32.2. The molecule has 3 aliphatic rings. The molecular weight excluding hydrogens is 314 g/mol. The molecule has 4 N–H and O–H groups in total. The van der Waals surface area contributed by atoms with Crippen molar-refractivity contribution < 1.29 is 22.6 Å². The first kappa shape index (κ1) is 15.5. The van der Waals surface area contributed by atoms with E-state index < -0.39 is 28.3 Å². The third-order valence-corrected chi connectivity index (χ3v) is 5.28. The Morgan fingerprint density at radius 1 is 1.23 bits per heavy atom. The second-order valence-electron chi connectivity index (χ2n) is 5.68. The van der Waals surface area contributed by atoms with Crippen LogP contribution in [0.2, 0.25) is 0 Å². The molecule has 22 heavy (non-hydrogen) atoms. The Kier molecular flexibility index (Phi) is 3.97. The third kappa shape index (κ3) is 2.64. The molecule has 3 saturated heterocycles. The van der Waals surface area contributed by atoms with Gasteiger partial charge in [-0.25, -0.2) is 9.10 Å². The SMILES string of the molecule is O=C(NC1CCNNCC1)N1CC[C@@H]2[C@H]1C(=O)N2S(=O)(=O)O. The van der Waals surface area contributed by atoms with Crippen LogP contribution >= 0.6 is 0 Å². The van der Waals surface area contributed by atoms with Crippen molar-refractivity contribution in [1.82, 2.24) is 25.4 Å². The zero-order valence-corrected chi connectivity index (χ0v) is 12.7. The van der Waals surface area contributed by atoms with E-state index in [1.54, 1.807) is 0 Å². The first-order valence-electron chi connectivity index (χ1n) is 7.23. The lowest BCUT2D eigenvalue weighted by atomic mass is 10.0. The van der Waals surface area contributed by atoms with Gasteiger partial charge in [-0.1, -0.05) is 0 Å². The molecule has 0 spiro atoms. The van der Waals surface area contributed by atoms with Crippen molar-refractivity contribution >= 4 is 22.2 Å². The molecule has 3 heterocycles. The largest absolute Gasteiger partial charge is 0.362 e. The van der Waals surface area contributed by atoms with Crippen LogP contribution in [0.5, 0.6) is 0 Å². The number of nitrogens with zero attached hydrogens (tertiary/aromatic N) is 2. The van der Waals surface area contributed by atoms with Crippen LogP contribution in [-0.2, 0) is 15.1 Å². The zero-order chi connectivity index (χ0) is 15.9. The molecule has 10 nitrogen and oxygen atoms in total. The lowest BCUT2D eigenvalue weighted by molar-refractivity contribution is -0.143. The minimum atomic E-state index is -4.54. The predicted molar refractivity (Wildman–Crippen MR) is 74.9 cm³/mol. The van der Waals surface area contributed by atoms with Crippen molar-refractivity contribution in [2.24, 2.45) is 0 Å². The lowest BCUT2D eigenvalue weighted by Gasteiger charge is -2.42. The number of hydrazine groups is 1. The van der Waals surface area contributed by atoms with Gasteiger partial charge in [0.1, 0.15) is 6.04 Å². The van der Waals surface area contributed by atoms with Gasteiger partial charge in [0, 0.05) is 25.7 Å². The van der Waals surface area contributed by atoms with Gasteiger partial charge in [-0.2, -0.15) is 8.42 Å². The van der Waals surface area contributed by atoms with Gasteiger partial charge in [0.2, 0.25) is 0 Å². The van der Waals surface area contributed by atoms with Crippen molar-refractivity contribution in [3.05, 3.63) is 0 Å². The topological polar surface area (TPSA) is 131 Å². The second-order valence-corrected chi connectivity index (χ2v) is 6.97. The molecule has 3 amide bonds. The summed E-state index contributed by atoms with van der Waals surface area (Å²) < 4.78 is 31.7. The fraction of sp³-hybridized carbons (Fsp3) is 0.818. The quantitative estimate of drug-likeness (QED) is 0.341. The van der Waals surface area contributed by atoms with Crippen LogP contribution in [0.25, 0.3) is 0 Å². The van der Waals surface area contributed by atoms with E-state index >= 15 is 0 Å². The maximum absolute atomic E-state index is 12.3. The molecule has 0 aliphatic carbocycles. The van der Waals surface area contributed by atoms with Gasteiger partial charge < -0.3 is 10.2 Å². The van der Waals surface area contributed by atoms with Gasteiger partial charge in [0.05, 0.1) is 6.04 Å². The minimum absolute atomic E-state index is 0.00176. The van der Waals surface area contributed by atoms with Crippen LogP contribution < -0.4 is 16.2 Å². The van der Waals surface area contributed by atoms with Crippen molar-refractivity contribution in [2.75, 3.05) is 19.6 Å². The summed E-state index contributed by atoms with van der Waals surface area (Å²) in [4.78, 5) is 25.6. The molecule has 3 fully saturated rings. The van der Waals surface area contributed by atoms with Crippen molar-refractivity contribution in [3.63, 3.8) is 0 Å². The van der Waals surface area contributed by atoms with Crippen LogP contribution in [0.4, 0.5) is 4.79 Å². The number of nitrogens with one attached hydrogen (secondary N) is 3. The summed E-state index contributed by atoms with van der Waals surface area (Å²) in [6.45, 7) is 1.75. The summed E-state index contributed by atoms with van der Waals surface area (Å²) in [5.74, 6) is -0.746. The normalized spacial score (nSPS) is 29.8. The molecule has 124 valence electrons. The Labute approximate surface area is 128 Å². The van der Waals surface area contributed by atoms with E-state index in [4.69, 9.17) is 4.55 Å². The molecule has 2 atom stereocenters. The molecule has 0 unspecified atom stereocenters. The monoisotopic (exact) mass is 333 g/mol. The Morgan fingerprint density at radius 2 is 1.86 bits per heavy atom. The Bertz CT molecular complexity index is 573. The number of fused-ring (bicyclic) bond motifs is 1. The average Bonchev–Trinajstić information content (AvgIpc) is 2.60. The fourth-order valence-electron chi connectivity index (χ4n) is 3.26. The van der Waals surface area contributed by atoms with Crippen molar-refractivity contribution in [1.29, 1.82) is 0 Å². The number of amides is 3. The van der Waals surface area contributed by atoms with E-state index in [-0.39, 0.29) is 12.1 Å².